The first kappa shape index (κ1) is 29.7. The number of hydrogen-bond donors (Lipinski definition) is 3. The highest BCUT2D eigenvalue weighted by molar-refractivity contribution is 8.44. The molecule has 2 aliphatic heterocycles. The van der Waals surface area contributed by atoms with Crippen LogP contribution in [0.2, 0.25) is 0 Å². The SMILES string of the molecule is Nc1ncnc2c1ncn2[C@@H]1C[C@@H]2COP(=O)(S)O[C@H]3[C@@H](F)[C@H](n4cnc5nc6nccn6c5c4)O[C@@H]3COP(O)(=S)OC[C@H]21. The lowest BCUT2D eigenvalue weighted by Gasteiger charge is -2.45. The molecule has 2 unspecified atom stereocenters. The van der Waals surface area contributed by atoms with Crippen molar-refractivity contribution in [3.05, 3.63) is 37.6 Å². The standard InChI is InChI=1S/C23H25FN10O7P2S2/c24-16-18-15(40-22(16)32-4-14-20(30-9-32)31-23-26-1-2-33(14)23)7-39-42(35,44)38-6-12-11(5-37-43(36,45)41-18)3-13(12)34-10-29-17-19(25)27-8-28-21(17)34/h1-2,4,8-13,15-16,18,22H,3,5-7H2,(H,35,44)(H,36,45)(H2,25,27,28)/t11-,12-,13-,15-,16-,18-,22-,42?,43?/m1/s1. The number of ether oxygens (including phenoxy) is 1. The van der Waals surface area contributed by atoms with E-state index >= 15 is 4.39 Å². The zero-order valence-corrected chi connectivity index (χ0v) is 26.5. The minimum Gasteiger partial charge on any atom is -0.382 e. The number of hydrogen-bond acceptors (Lipinski definition) is 14. The van der Waals surface area contributed by atoms with E-state index in [2.05, 4.69) is 42.2 Å². The van der Waals surface area contributed by atoms with E-state index in [1.165, 1.54) is 17.2 Å². The van der Waals surface area contributed by atoms with Crippen LogP contribution in [-0.2, 0) is 39.2 Å². The molecule has 0 spiro atoms. The topological polar surface area (TPSA) is 201 Å². The van der Waals surface area contributed by atoms with Gasteiger partial charge in [0.15, 0.2) is 29.5 Å². The molecular weight excluding hydrogens is 673 g/mol. The molecule has 5 aromatic heterocycles. The predicted molar refractivity (Wildman–Crippen MR) is 161 cm³/mol. The summed E-state index contributed by atoms with van der Waals surface area (Å²) in [5.41, 5.74) is 7.90. The summed E-state index contributed by atoms with van der Waals surface area (Å²) in [4.78, 5) is 36.3. The molecule has 45 heavy (non-hydrogen) atoms. The number of nitrogens with two attached hydrogens (primary N) is 1. The van der Waals surface area contributed by atoms with Crippen molar-refractivity contribution in [3.8, 4) is 0 Å². The third kappa shape index (κ3) is 5.26. The van der Waals surface area contributed by atoms with Crippen LogP contribution in [0.25, 0.3) is 28.1 Å². The molecule has 9 atom stereocenters. The molecule has 5 aromatic rings. The summed E-state index contributed by atoms with van der Waals surface area (Å²) < 4.78 is 63.2. The highest BCUT2D eigenvalue weighted by Crippen LogP contribution is 2.59. The molecule has 8 rings (SSSR count). The summed E-state index contributed by atoms with van der Waals surface area (Å²) in [6.07, 6.45) is 3.95. The summed E-state index contributed by atoms with van der Waals surface area (Å²) in [6, 6.07) is -0.193. The van der Waals surface area contributed by atoms with Gasteiger partial charge in [0.1, 0.15) is 29.6 Å². The molecule has 3 fully saturated rings. The maximum absolute atomic E-state index is 16.1. The monoisotopic (exact) mass is 698 g/mol. The number of nitrogens with zero attached hydrogens (tertiary/aromatic N) is 9. The van der Waals surface area contributed by atoms with Gasteiger partial charge < -0.3 is 38.1 Å². The third-order valence-corrected chi connectivity index (χ3v) is 11.6. The van der Waals surface area contributed by atoms with Crippen molar-refractivity contribution in [1.82, 2.24) is 43.4 Å². The average molecular weight is 699 g/mol. The van der Waals surface area contributed by atoms with Crippen molar-refractivity contribution in [2.75, 3.05) is 25.6 Å². The molecule has 0 amide bonds. The number of nitrogen functional groups attached to an aromatic ring is 1. The maximum atomic E-state index is 16.1. The Labute approximate surface area is 263 Å². The fourth-order valence-electron chi connectivity index (χ4n) is 6.08. The van der Waals surface area contributed by atoms with Crippen LogP contribution in [0.1, 0.15) is 18.7 Å². The zero-order valence-electron chi connectivity index (χ0n) is 23.0. The van der Waals surface area contributed by atoms with Gasteiger partial charge >= 0.3 is 13.5 Å². The number of aromatic nitrogens is 9. The fraction of sp³-hybridized carbons (Fsp3) is 0.478. The molecule has 0 bridgehead atoms. The lowest BCUT2D eigenvalue weighted by molar-refractivity contribution is -0.0441. The van der Waals surface area contributed by atoms with Gasteiger partial charge in [0, 0.05) is 30.6 Å². The number of rotatable bonds is 2. The molecule has 1 saturated carbocycles. The second-order valence-corrected chi connectivity index (χ2v) is 16.7. The molecule has 17 nitrogen and oxygen atoms in total. The minimum atomic E-state index is -4.12. The number of anilines is 1. The van der Waals surface area contributed by atoms with Crippen LogP contribution in [0.5, 0.6) is 0 Å². The van der Waals surface area contributed by atoms with Crippen LogP contribution in [0.3, 0.4) is 0 Å². The van der Waals surface area contributed by atoms with Crippen LogP contribution in [-0.4, -0.2) is 86.5 Å². The van der Waals surface area contributed by atoms with Gasteiger partial charge in [-0.2, -0.15) is 4.98 Å². The van der Waals surface area contributed by atoms with Gasteiger partial charge in [-0.1, -0.05) is 12.2 Å². The van der Waals surface area contributed by atoms with Gasteiger partial charge in [-0.05, 0) is 24.1 Å². The van der Waals surface area contributed by atoms with Crippen LogP contribution in [0, 0.1) is 11.8 Å². The average Bonchev–Trinajstić information content (AvgIpc) is 3.75. The first-order valence-corrected chi connectivity index (χ1v) is 19.0. The van der Waals surface area contributed by atoms with Crippen molar-refractivity contribution in [1.29, 1.82) is 0 Å². The number of imidazole rings is 3. The van der Waals surface area contributed by atoms with E-state index in [9.17, 15) is 9.46 Å². The van der Waals surface area contributed by atoms with E-state index in [-0.39, 0.29) is 36.9 Å². The smallest absolute Gasteiger partial charge is 0.382 e. The molecule has 1 aliphatic carbocycles. The Hall–Kier alpha value is -2.64. The zero-order chi connectivity index (χ0) is 31.1. The van der Waals surface area contributed by atoms with Crippen LogP contribution in [0.15, 0.2) is 37.6 Å². The van der Waals surface area contributed by atoms with E-state index in [0.29, 0.717) is 34.5 Å². The van der Waals surface area contributed by atoms with Gasteiger partial charge in [0.05, 0.1) is 32.5 Å². The third-order valence-electron chi connectivity index (χ3n) is 8.39. The molecular formula is C23H25FN10O7P2S2. The van der Waals surface area contributed by atoms with Crippen LogP contribution >= 0.6 is 25.8 Å². The Morgan fingerprint density at radius 3 is 2.82 bits per heavy atom. The molecule has 238 valence electrons. The Morgan fingerprint density at radius 1 is 1.11 bits per heavy atom. The van der Waals surface area contributed by atoms with Crippen molar-refractivity contribution >= 4 is 71.5 Å². The molecule has 2 saturated heterocycles. The molecule has 0 radical (unpaired) electrons. The summed E-state index contributed by atoms with van der Waals surface area (Å²) >= 11 is 9.45. The highest BCUT2D eigenvalue weighted by Gasteiger charge is 2.51. The number of halogens is 1. The molecule has 22 heteroatoms. The summed E-state index contributed by atoms with van der Waals surface area (Å²) in [5.74, 6) is 0.174. The van der Waals surface area contributed by atoms with Crippen molar-refractivity contribution in [2.45, 2.75) is 37.1 Å². The van der Waals surface area contributed by atoms with Gasteiger partial charge in [-0.25, -0.2) is 33.9 Å². The van der Waals surface area contributed by atoms with Gasteiger partial charge in [0.2, 0.25) is 5.78 Å². The fourth-order valence-corrected chi connectivity index (χ4v) is 8.74. The largest absolute Gasteiger partial charge is 0.386 e. The quantitative estimate of drug-likeness (QED) is 0.179. The Morgan fingerprint density at radius 2 is 1.96 bits per heavy atom. The Bertz CT molecular complexity index is 2030. The van der Waals surface area contributed by atoms with E-state index in [4.69, 9.17) is 40.4 Å². The molecule has 3 aliphatic rings. The first-order valence-electron chi connectivity index (χ1n) is 13.7. The van der Waals surface area contributed by atoms with E-state index < -0.39 is 44.7 Å². The Balaban J connectivity index is 1.05. The lowest BCUT2D eigenvalue weighted by Crippen LogP contribution is -2.43. The normalized spacial score (nSPS) is 36.2. The van der Waals surface area contributed by atoms with Gasteiger partial charge in [0.25, 0.3) is 0 Å². The molecule has 3 N–H and O–H groups in total. The summed E-state index contributed by atoms with van der Waals surface area (Å²) in [7, 11) is 0. The van der Waals surface area contributed by atoms with E-state index in [0.717, 1.165) is 0 Å². The summed E-state index contributed by atoms with van der Waals surface area (Å²) in [5, 5.41) is 0. The number of alkyl halides is 1. The van der Waals surface area contributed by atoms with Gasteiger partial charge in [-0.3, -0.25) is 8.92 Å². The van der Waals surface area contributed by atoms with Crippen molar-refractivity contribution in [3.63, 3.8) is 0 Å². The number of thiol groups is 1. The minimum absolute atomic E-state index is 0.0221. The van der Waals surface area contributed by atoms with Crippen LogP contribution in [0.4, 0.5) is 10.2 Å². The van der Waals surface area contributed by atoms with E-state index in [1.807, 2.05) is 4.57 Å². The number of fused-ring (bicyclic) bond motifs is 6. The highest BCUT2D eigenvalue weighted by atomic mass is 32.7. The van der Waals surface area contributed by atoms with Crippen molar-refractivity contribution < 1.29 is 36.7 Å². The van der Waals surface area contributed by atoms with Gasteiger partial charge in [-0.15, -0.1) is 0 Å². The Kier molecular flexibility index (Phi) is 7.25. The predicted octanol–water partition coefficient (Wildman–Crippen LogP) is 2.62. The maximum Gasteiger partial charge on any atom is 0.386 e. The molecule has 0 aromatic carbocycles. The lowest BCUT2D eigenvalue weighted by atomic mass is 9.70. The van der Waals surface area contributed by atoms with E-state index in [1.54, 1.807) is 29.3 Å². The molecule has 7 heterocycles. The summed E-state index contributed by atoms with van der Waals surface area (Å²) in [6.45, 7) is -8.47. The second kappa shape index (κ2) is 11.0. The van der Waals surface area contributed by atoms with Crippen LogP contribution < -0.4 is 5.73 Å². The van der Waals surface area contributed by atoms with Crippen molar-refractivity contribution in [2.24, 2.45) is 11.8 Å². The first-order chi connectivity index (χ1) is 21.6. The second-order valence-electron chi connectivity index (χ2n) is 11.0.